The van der Waals surface area contributed by atoms with E-state index >= 15 is 0 Å². The molecule has 0 saturated heterocycles. The molecule has 0 amide bonds. The summed E-state index contributed by atoms with van der Waals surface area (Å²) in [4.78, 5) is 2.28. The summed E-state index contributed by atoms with van der Waals surface area (Å²) in [6.07, 6.45) is 13.1. The summed E-state index contributed by atoms with van der Waals surface area (Å²) in [7, 11) is -8.32. The van der Waals surface area contributed by atoms with Crippen molar-refractivity contribution in [2.24, 2.45) is 0 Å². The Balaban J connectivity index is 0.00000567. The van der Waals surface area contributed by atoms with E-state index < -0.39 is 20.2 Å². The molecular formula is C46H51ClKN2O6S2+. The Morgan fingerprint density at radius 2 is 1.41 bits per heavy atom. The molecule has 2 heterocycles. The van der Waals surface area contributed by atoms with Crippen LogP contribution in [0.4, 0.5) is 11.4 Å². The van der Waals surface area contributed by atoms with Crippen LogP contribution >= 0.6 is 11.6 Å². The van der Waals surface area contributed by atoms with E-state index in [0.717, 1.165) is 63.6 Å². The molecule has 0 atom stereocenters. The average molecular weight is 867 g/mol. The van der Waals surface area contributed by atoms with Gasteiger partial charge < -0.3 is 9.45 Å². The number of anilines is 1. The van der Waals surface area contributed by atoms with E-state index in [1.807, 2.05) is 12.1 Å². The van der Waals surface area contributed by atoms with Crippen LogP contribution in [0.15, 0.2) is 119 Å². The zero-order chi connectivity index (χ0) is 40.8. The zero-order valence-corrected chi connectivity index (χ0v) is 39.6. The van der Waals surface area contributed by atoms with Crippen molar-refractivity contribution in [1.82, 2.24) is 0 Å². The molecule has 4 aromatic carbocycles. The predicted molar refractivity (Wildman–Crippen MR) is 233 cm³/mol. The van der Waals surface area contributed by atoms with Crippen LogP contribution in [0.1, 0.15) is 83.8 Å². The van der Waals surface area contributed by atoms with Gasteiger partial charge in [-0.05, 0) is 109 Å². The molecular weight excluding hydrogens is 815 g/mol. The number of hydrogen-bond acceptors (Lipinski definition) is 6. The Kier molecular flexibility index (Phi) is 13.9. The Morgan fingerprint density at radius 3 is 2.09 bits per heavy atom. The van der Waals surface area contributed by atoms with Gasteiger partial charge in [-0.1, -0.05) is 92.2 Å². The number of hydrogen-bond donors (Lipinski definition) is 1. The molecule has 8 nitrogen and oxygen atoms in total. The first-order chi connectivity index (χ1) is 27.0. The molecule has 300 valence electrons. The van der Waals surface area contributed by atoms with Crippen LogP contribution in [0.5, 0.6) is 0 Å². The van der Waals surface area contributed by atoms with Crippen molar-refractivity contribution in [3.63, 3.8) is 0 Å². The third kappa shape index (κ3) is 9.39. The standard InChI is InChI=1S/C46H51ClN2O6S2.K/c1-45(2)40(48(28-9-11-30-56(50,51)52)38-24-20-32-14-5-7-18-36(32)42(38)45)26-22-34-16-13-17-35(44(34)47)23-27-41-46(3,4)43-37-19-8-6-15-33(37)21-25-39(43)49(41)29-10-12-31-57(53,54)55;/h5-8,14-15,18-27H,9-13,16-17,28-31H2,1-4H3,(H-,50,51,52,53,54,55);/q;+1. The third-order valence-electron chi connectivity index (χ3n) is 11.9. The first-order valence-electron chi connectivity index (χ1n) is 19.8. The minimum absolute atomic E-state index is 0. The molecule has 0 fully saturated rings. The predicted octanol–water partition coefficient (Wildman–Crippen LogP) is 7.21. The van der Waals surface area contributed by atoms with E-state index in [9.17, 15) is 25.9 Å². The van der Waals surface area contributed by atoms with Crippen molar-refractivity contribution in [2.45, 2.75) is 83.5 Å². The molecule has 1 aliphatic carbocycles. The van der Waals surface area contributed by atoms with Crippen molar-refractivity contribution < 1.29 is 81.9 Å². The van der Waals surface area contributed by atoms with Gasteiger partial charge in [0.15, 0.2) is 5.71 Å². The van der Waals surface area contributed by atoms with Crippen LogP contribution in [0.2, 0.25) is 0 Å². The van der Waals surface area contributed by atoms with Gasteiger partial charge in [-0.15, -0.1) is 0 Å². The van der Waals surface area contributed by atoms with Gasteiger partial charge in [0, 0.05) is 58.3 Å². The molecule has 2 aliphatic heterocycles. The number of rotatable bonds is 13. The summed E-state index contributed by atoms with van der Waals surface area (Å²) in [5.74, 6) is -0.642. The average Bonchev–Trinajstić information content (AvgIpc) is 3.51. The molecule has 58 heavy (non-hydrogen) atoms. The summed E-state index contributed by atoms with van der Waals surface area (Å²) in [6.45, 7) is 10.1. The van der Waals surface area contributed by atoms with Crippen LogP contribution in [0.3, 0.4) is 0 Å². The second-order valence-electron chi connectivity index (χ2n) is 16.5. The van der Waals surface area contributed by atoms with Crippen LogP contribution < -0.4 is 56.3 Å². The fourth-order valence-electron chi connectivity index (χ4n) is 9.22. The topological polar surface area (TPSA) is 118 Å². The SMILES string of the molecule is CC1(C)C(/C=C/C2=C(Cl)C(=C/C=C3/N(CCCCS(=O)(=O)[O-])c4ccc5ccccc5c4C3(C)C)/CCC2)=[N+](CCCCS(=O)(=O)O)c2ccc3ccccc3c21.[K+]. The van der Waals surface area contributed by atoms with E-state index in [1.165, 1.54) is 27.3 Å². The van der Waals surface area contributed by atoms with Crippen molar-refractivity contribution in [3.8, 4) is 0 Å². The van der Waals surface area contributed by atoms with Gasteiger partial charge in [0.25, 0.3) is 10.1 Å². The second-order valence-corrected chi connectivity index (χ2v) is 20.0. The summed E-state index contributed by atoms with van der Waals surface area (Å²) in [6, 6.07) is 25.3. The van der Waals surface area contributed by atoms with Crippen LogP contribution in [-0.4, -0.2) is 60.8 Å². The van der Waals surface area contributed by atoms with Crippen molar-refractivity contribution in [1.29, 1.82) is 0 Å². The fourth-order valence-corrected chi connectivity index (χ4v) is 10.7. The smallest absolute Gasteiger partial charge is 0.748 e. The molecule has 0 saturated carbocycles. The first kappa shape index (κ1) is 45.1. The van der Waals surface area contributed by atoms with E-state index in [0.29, 0.717) is 38.8 Å². The number of halogens is 1. The van der Waals surface area contributed by atoms with Gasteiger partial charge in [-0.3, -0.25) is 4.55 Å². The van der Waals surface area contributed by atoms with Gasteiger partial charge in [-0.25, -0.2) is 8.42 Å². The quantitative estimate of drug-likeness (QED) is 0.0654. The molecule has 12 heteroatoms. The molecule has 3 aliphatic rings. The minimum Gasteiger partial charge on any atom is -0.748 e. The third-order valence-corrected chi connectivity index (χ3v) is 14.0. The zero-order valence-electron chi connectivity index (χ0n) is 34.1. The molecule has 1 N–H and O–H groups in total. The summed E-state index contributed by atoms with van der Waals surface area (Å²) in [5, 5.41) is 5.43. The van der Waals surface area contributed by atoms with E-state index in [2.05, 4.69) is 122 Å². The van der Waals surface area contributed by atoms with Gasteiger partial charge in [0.05, 0.1) is 21.3 Å². The van der Waals surface area contributed by atoms with E-state index in [4.69, 9.17) is 11.6 Å². The molecule has 7 rings (SSSR count). The molecule has 0 radical (unpaired) electrons. The van der Waals surface area contributed by atoms with Gasteiger partial charge in [0.1, 0.15) is 6.54 Å². The molecule has 0 spiro atoms. The number of nitrogens with zero attached hydrogens (tertiary/aromatic N) is 2. The fraction of sp³-hybridized carbons (Fsp3) is 0.370. The number of allylic oxidation sites excluding steroid dienone is 8. The normalized spacial score (nSPS) is 19.2. The van der Waals surface area contributed by atoms with Gasteiger partial charge in [0.2, 0.25) is 5.69 Å². The first-order valence-corrected chi connectivity index (χ1v) is 23.4. The van der Waals surface area contributed by atoms with E-state index in [1.54, 1.807) is 0 Å². The number of fused-ring (bicyclic) bond motifs is 6. The van der Waals surface area contributed by atoms with Gasteiger partial charge >= 0.3 is 51.4 Å². The minimum atomic E-state index is -4.29. The summed E-state index contributed by atoms with van der Waals surface area (Å²) in [5.41, 5.74) is 8.25. The number of benzene rings is 4. The van der Waals surface area contributed by atoms with E-state index in [-0.39, 0.29) is 73.7 Å². The maximum atomic E-state index is 11.5. The molecule has 0 unspecified atom stereocenters. The Bertz CT molecular complexity index is 2640. The summed E-state index contributed by atoms with van der Waals surface area (Å²) < 4.78 is 68.8. The molecule has 4 aromatic rings. The van der Waals surface area contributed by atoms with Crippen molar-refractivity contribution in [3.05, 3.63) is 130 Å². The number of unbranched alkanes of at least 4 members (excludes halogenated alkanes) is 2. The summed E-state index contributed by atoms with van der Waals surface area (Å²) >= 11 is 7.29. The Labute approximate surface area is 391 Å². The largest absolute Gasteiger partial charge is 1.00 e. The molecule has 0 bridgehead atoms. The maximum Gasteiger partial charge on any atom is 1.00 e. The Morgan fingerprint density at radius 1 is 0.776 bits per heavy atom. The van der Waals surface area contributed by atoms with Gasteiger partial charge in [-0.2, -0.15) is 13.0 Å². The van der Waals surface area contributed by atoms with Crippen molar-refractivity contribution >= 4 is 70.5 Å². The van der Waals surface area contributed by atoms with Crippen LogP contribution in [0.25, 0.3) is 21.5 Å². The molecule has 0 aromatic heterocycles. The van der Waals surface area contributed by atoms with Crippen LogP contribution in [0, 0.1) is 0 Å². The second kappa shape index (κ2) is 17.9. The Hall–Kier alpha value is -2.42. The monoisotopic (exact) mass is 865 g/mol. The maximum absolute atomic E-state index is 11.5. The van der Waals surface area contributed by atoms with Crippen molar-refractivity contribution in [2.75, 3.05) is 29.5 Å². The van der Waals surface area contributed by atoms with Crippen LogP contribution in [-0.2, 0) is 31.1 Å².